The molecular formula is C17H26N4O6. The van der Waals surface area contributed by atoms with E-state index in [1.165, 1.54) is 16.2 Å². The van der Waals surface area contributed by atoms with Crippen molar-refractivity contribution in [2.24, 2.45) is 0 Å². The summed E-state index contributed by atoms with van der Waals surface area (Å²) in [4.78, 5) is 47.0. The molecular weight excluding hydrogens is 356 g/mol. The molecule has 150 valence electrons. The molecule has 4 rings (SSSR count). The number of aliphatic hydroxyl groups is 2. The normalized spacial score (nSPS) is 29.7. The molecule has 4 fully saturated rings. The average Bonchev–Trinajstić information content (AvgIpc) is 3.31. The topological polar surface area (TPSA) is 139 Å². The minimum absolute atomic E-state index is 0.0326. The molecule has 6 amide bonds. The van der Waals surface area contributed by atoms with Crippen molar-refractivity contribution in [3.63, 3.8) is 0 Å². The summed E-state index contributed by atoms with van der Waals surface area (Å²) in [6.45, 7) is 0. The fourth-order valence-electron chi connectivity index (χ4n) is 4.22. The number of nitrogens with zero attached hydrogens (tertiary/aromatic N) is 2. The van der Waals surface area contributed by atoms with Crippen LogP contribution in [0.2, 0.25) is 0 Å². The zero-order valence-electron chi connectivity index (χ0n) is 15.1. The smallest absolute Gasteiger partial charge is 0.326 e. The molecule has 10 heteroatoms. The van der Waals surface area contributed by atoms with Crippen molar-refractivity contribution in [1.29, 1.82) is 0 Å². The Morgan fingerprint density at radius 3 is 1.26 bits per heavy atom. The van der Waals surface area contributed by atoms with E-state index < -0.39 is 36.3 Å². The van der Waals surface area contributed by atoms with Gasteiger partial charge in [0.1, 0.15) is 0 Å². The van der Waals surface area contributed by atoms with Crippen molar-refractivity contribution in [3.8, 4) is 0 Å². The van der Waals surface area contributed by atoms with Crippen LogP contribution in [-0.4, -0.2) is 68.4 Å². The third kappa shape index (κ3) is 4.06. The molecule has 10 nitrogen and oxygen atoms in total. The van der Waals surface area contributed by atoms with Crippen LogP contribution in [0.25, 0.3) is 0 Å². The Morgan fingerprint density at radius 1 is 0.630 bits per heavy atom. The van der Waals surface area contributed by atoms with E-state index in [-0.39, 0.29) is 12.1 Å². The van der Waals surface area contributed by atoms with E-state index in [0.29, 0.717) is 0 Å². The second kappa shape index (κ2) is 8.22. The predicted octanol–water partition coefficient (Wildman–Crippen LogP) is -0.0115. The first-order chi connectivity index (χ1) is 12.9. The Bertz CT molecular complexity index is 615. The van der Waals surface area contributed by atoms with E-state index in [0.717, 1.165) is 51.4 Å². The number of carbonyl (C=O) groups is 4. The Kier molecular flexibility index (Phi) is 5.95. The number of hydrogen-bond acceptors (Lipinski definition) is 6. The van der Waals surface area contributed by atoms with Crippen LogP contribution in [-0.2, 0) is 9.59 Å². The Balaban J connectivity index is 0.000000156. The maximum Gasteiger partial charge on any atom is 0.326 e. The molecule has 0 radical (unpaired) electrons. The highest BCUT2D eigenvalue weighted by molar-refractivity contribution is 6.03. The van der Waals surface area contributed by atoms with Gasteiger partial charge in [0.2, 0.25) is 12.5 Å². The van der Waals surface area contributed by atoms with Gasteiger partial charge in [-0.25, -0.2) is 9.59 Å². The molecule has 0 aromatic rings. The van der Waals surface area contributed by atoms with Crippen molar-refractivity contribution in [2.45, 2.75) is 82.3 Å². The van der Waals surface area contributed by atoms with Gasteiger partial charge in [0.25, 0.3) is 11.8 Å². The average molecular weight is 382 g/mol. The van der Waals surface area contributed by atoms with Crippen molar-refractivity contribution in [3.05, 3.63) is 0 Å². The molecule has 0 spiro atoms. The van der Waals surface area contributed by atoms with Crippen LogP contribution in [0, 0.1) is 0 Å². The molecule has 2 unspecified atom stereocenters. The number of imide groups is 2. The van der Waals surface area contributed by atoms with E-state index in [1.54, 1.807) is 0 Å². The summed E-state index contributed by atoms with van der Waals surface area (Å²) in [6.07, 6.45) is 6.44. The Labute approximate surface area is 156 Å². The Hall–Kier alpha value is -2.20. The molecule has 2 saturated heterocycles. The van der Waals surface area contributed by atoms with Gasteiger partial charge < -0.3 is 10.2 Å². The van der Waals surface area contributed by atoms with Crippen LogP contribution in [0.1, 0.15) is 57.8 Å². The molecule has 2 atom stereocenters. The lowest BCUT2D eigenvalue weighted by Crippen LogP contribution is -2.44. The monoisotopic (exact) mass is 382 g/mol. The lowest BCUT2D eigenvalue weighted by atomic mass is 9.94. The fourth-order valence-corrected chi connectivity index (χ4v) is 4.22. The first kappa shape index (κ1) is 19.6. The number of nitrogens with one attached hydrogen (secondary N) is 2. The van der Waals surface area contributed by atoms with Gasteiger partial charge in [0.15, 0.2) is 0 Å². The molecule has 0 aromatic carbocycles. The second-order valence-electron chi connectivity index (χ2n) is 7.38. The van der Waals surface area contributed by atoms with Gasteiger partial charge in [-0.1, -0.05) is 32.1 Å². The van der Waals surface area contributed by atoms with Crippen LogP contribution < -0.4 is 10.6 Å². The number of aliphatic hydroxyl groups excluding tert-OH is 2. The standard InChI is InChI=1S/C9H14N2O3.C8H12N2O3/c12-7-8(13)11(9(14)10-7)6-4-2-1-3-5-6;11-6-7(12)10(8(13)9-6)5-3-1-2-4-5/h6,8,13H,1-5H2,(H,10,12,14);5,7,12H,1-4H2,(H,9,11,13). The van der Waals surface area contributed by atoms with Crippen molar-refractivity contribution in [1.82, 2.24) is 20.4 Å². The van der Waals surface area contributed by atoms with Crippen LogP contribution in [0.5, 0.6) is 0 Å². The maximum atomic E-state index is 11.3. The van der Waals surface area contributed by atoms with Gasteiger partial charge in [0.05, 0.1) is 0 Å². The summed E-state index contributed by atoms with van der Waals surface area (Å²) in [5.41, 5.74) is 0. The SMILES string of the molecule is O=C1NC(=O)N(C2CCCC2)C1O.O=C1NC(=O)N(C2CCCCC2)C1O. The van der Waals surface area contributed by atoms with E-state index in [2.05, 4.69) is 10.6 Å². The molecule has 4 N–H and O–H groups in total. The number of amides is 6. The minimum atomic E-state index is -1.27. The highest BCUT2D eigenvalue weighted by Crippen LogP contribution is 2.27. The second-order valence-corrected chi connectivity index (χ2v) is 7.38. The lowest BCUT2D eigenvalue weighted by molar-refractivity contribution is -0.132. The number of carbonyl (C=O) groups excluding carboxylic acids is 4. The zero-order valence-corrected chi connectivity index (χ0v) is 15.1. The van der Waals surface area contributed by atoms with Gasteiger partial charge >= 0.3 is 12.1 Å². The van der Waals surface area contributed by atoms with Gasteiger partial charge in [-0.3, -0.25) is 30.0 Å². The van der Waals surface area contributed by atoms with Crippen LogP contribution in [0.3, 0.4) is 0 Å². The summed E-state index contributed by atoms with van der Waals surface area (Å²) < 4.78 is 0. The molecule has 4 aliphatic rings. The van der Waals surface area contributed by atoms with Gasteiger partial charge in [-0.05, 0) is 25.7 Å². The largest absolute Gasteiger partial charge is 0.365 e. The van der Waals surface area contributed by atoms with Crippen molar-refractivity contribution in [2.75, 3.05) is 0 Å². The summed E-state index contributed by atoms with van der Waals surface area (Å²) in [6, 6.07) is -0.828. The summed E-state index contributed by atoms with van der Waals surface area (Å²) in [5, 5.41) is 23.1. The highest BCUT2D eigenvalue weighted by atomic mass is 16.3. The van der Waals surface area contributed by atoms with E-state index >= 15 is 0 Å². The number of hydrogen-bond donors (Lipinski definition) is 4. The van der Waals surface area contributed by atoms with Crippen molar-refractivity contribution >= 4 is 23.9 Å². The molecule has 2 saturated carbocycles. The van der Waals surface area contributed by atoms with Crippen molar-refractivity contribution < 1.29 is 29.4 Å². The number of urea groups is 2. The fraction of sp³-hybridized carbons (Fsp3) is 0.765. The van der Waals surface area contributed by atoms with Crippen LogP contribution >= 0.6 is 0 Å². The third-order valence-corrected chi connectivity index (χ3v) is 5.61. The molecule has 0 bridgehead atoms. The molecule has 2 aliphatic carbocycles. The quantitative estimate of drug-likeness (QED) is 0.495. The minimum Gasteiger partial charge on any atom is -0.365 e. The number of rotatable bonds is 2. The first-order valence-electron chi connectivity index (χ1n) is 9.52. The molecule has 27 heavy (non-hydrogen) atoms. The molecule has 0 aromatic heterocycles. The van der Waals surface area contributed by atoms with Gasteiger partial charge in [0, 0.05) is 12.1 Å². The third-order valence-electron chi connectivity index (χ3n) is 5.61. The molecule has 2 heterocycles. The summed E-state index contributed by atoms with van der Waals surface area (Å²) in [5.74, 6) is -1.20. The van der Waals surface area contributed by atoms with E-state index in [1.807, 2.05) is 0 Å². The zero-order chi connectivity index (χ0) is 19.6. The summed E-state index contributed by atoms with van der Waals surface area (Å²) >= 11 is 0. The molecule has 2 aliphatic heterocycles. The predicted molar refractivity (Wildman–Crippen MR) is 91.9 cm³/mol. The highest BCUT2D eigenvalue weighted by Gasteiger charge is 2.42. The lowest BCUT2D eigenvalue weighted by Gasteiger charge is -2.31. The first-order valence-corrected chi connectivity index (χ1v) is 9.52. The summed E-state index contributed by atoms with van der Waals surface area (Å²) in [7, 11) is 0. The van der Waals surface area contributed by atoms with E-state index in [4.69, 9.17) is 0 Å². The van der Waals surface area contributed by atoms with E-state index in [9.17, 15) is 29.4 Å². The Morgan fingerprint density at radius 2 is 0.963 bits per heavy atom. The maximum absolute atomic E-state index is 11.3. The van der Waals surface area contributed by atoms with Gasteiger partial charge in [-0.2, -0.15) is 0 Å². The van der Waals surface area contributed by atoms with Crippen LogP contribution in [0.15, 0.2) is 0 Å². The van der Waals surface area contributed by atoms with Crippen LogP contribution in [0.4, 0.5) is 9.59 Å². The van der Waals surface area contributed by atoms with Gasteiger partial charge in [-0.15, -0.1) is 0 Å².